The van der Waals surface area contributed by atoms with Gasteiger partial charge in [0, 0.05) is 37.4 Å². The lowest BCUT2D eigenvalue weighted by Gasteiger charge is -2.32. The number of ether oxygens (including phenoxy) is 2. The molecule has 2 atom stereocenters. The standard InChI is InChI=1S/C23H26N4O3/c28-23(17-6-3-8-19(14-17)30-16-20-9-5-13-29-20)26-11-4-7-18(15-26)22-25-24-21-10-1-2-12-27(21)22/h1-3,6,8,10,12,14,18,20H,4-5,7,9,11,13,15-16H2. The van der Waals surface area contributed by atoms with Crippen molar-refractivity contribution in [3.05, 3.63) is 60.0 Å². The van der Waals surface area contributed by atoms with Crippen molar-refractivity contribution < 1.29 is 14.3 Å². The minimum absolute atomic E-state index is 0.0380. The number of amides is 1. The van der Waals surface area contributed by atoms with Gasteiger partial charge in [-0.15, -0.1) is 10.2 Å². The van der Waals surface area contributed by atoms with E-state index in [0.717, 1.165) is 50.3 Å². The van der Waals surface area contributed by atoms with E-state index in [2.05, 4.69) is 10.2 Å². The van der Waals surface area contributed by atoms with Gasteiger partial charge in [-0.25, -0.2) is 0 Å². The third kappa shape index (κ3) is 3.89. The maximum absolute atomic E-state index is 13.2. The van der Waals surface area contributed by atoms with Crippen LogP contribution in [0.2, 0.25) is 0 Å². The van der Waals surface area contributed by atoms with Crippen LogP contribution in [0.3, 0.4) is 0 Å². The zero-order valence-electron chi connectivity index (χ0n) is 16.9. The van der Waals surface area contributed by atoms with E-state index in [9.17, 15) is 4.79 Å². The maximum atomic E-state index is 13.2. The summed E-state index contributed by atoms with van der Waals surface area (Å²) in [6.07, 6.45) is 6.22. The van der Waals surface area contributed by atoms with Crippen LogP contribution < -0.4 is 4.74 Å². The number of aromatic nitrogens is 3. The fraction of sp³-hybridized carbons (Fsp3) is 0.435. The number of nitrogens with zero attached hydrogens (tertiary/aromatic N) is 4. The number of benzene rings is 1. The molecule has 1 amide bonds. The van der Waals surface area contributed by atoms with Crippen LogP contribution >= 0.6 is 0 Å². The molecule has 7 nitrogen and oxygen atoms in total. The fourth-order valence-electron chi connectivity index (χ4n) is 4.38. The van der Waals surface area contributed by atoms with Gasteiger partial charge in [0.15, 0.2) is 5.65 Å². The molecule has 30 heavy (non-hydrogen) atoms. The van der Waals surface area contributed by atoms with Crippen molar-refractivity contribution in [2.45, 2.75) is 37.7 Å². The summed E-state index contributed by atoms with van der Waals surface area (Å²) in [6, 6.07) is 13.4. The van der Waals surface area contributed by atoms with Crippen LogP contribution in [0.4, 0.5) is 0 Å². The van der Waals surface area contributed by atoms with Gasteiger partial charge in [-0.2, -0.15) is 0 Å². The molecule has 2 fully saturated rings. The summed E-state index contributed by atoms with van der Waals surface area (Å²) in [4.78, 5) is 15.1. The Morgan fingerprint density at radius 2 is 2.10 bits per heavy atom. The molecule has 7 heteroatoms. The van der Waals surface area contributed by atoms with E-state index in [0.29, 0.717) is 24.5 Å². The second-order valence-corrected chi connectivity index (χ2v) is 8.05. The second kappa shape index (κ2) is 8.44. The zero-order chi connectivity index (χ0) is 20.3. The predicted octanol–water partition coefficient (Wildman–Crippen LogP) is 3.31. The zero-order valence-corrected chi connectivity index (χ0v) is 16.9. The van der Waals surface area contributed by atoms with Crippen LogP contribution in [-0.4, -0.2) is 57.8 Å². The first kappa shape index (κ1) is 19.1. The van der Waals surface area contributed by atoms with E-state index in [4.69, 9.17) is 9.47 Å². The third-order valence-corrected chi connectivity index (χ3v) is 5.95. The van der Waals surface area contributed by atoms with E-state index in [-0.39, 0.29) is 17.9 Å². The number of carbonyl (C=O) groups is 1. The van der Waals surface area contributed by atoms with Gasteiger partial charge in [-0.3, -0.25) is 9.20 Å². The summed E-state index contributed by atoms with van der Waals surface area (Å²) in [5.41, 5.74) is 1.50. The summed E-state index contributed by atoms with van der Waals surface area (Å²) in [5.74, 6) is 1.86. The molecule has 3 aromatic rings. The Bertz CT molecular complexity index is 1030. The van der Waals surface area contributed by atoms with Gasteiger partial charge >= 0.3 is 0 Å². The molecule has 4 heterocycles. The first-order chi connectivity index (χ1) is 14.8. The van der Waals surface area contributed by atoms with Crippen LogP contribution in [0.25, 0.3) is 5.65 Å². The van der Waals surface area contributed by atoms with Gasteiger partial charge in [0.2, 0.25) is 0 Å². The molecular formula is C23H26N4O3. The van der Waals surface area contributed by atoms with Crippen LogP contribution in [0, 0.1) is 0 Å². The highest BCUT2D eigenvalue weighted by atomic mass is 16.5. The van der Waals surface area contributed by atoms with Crippen molar-refractivity contribution >= 4 is 11.6 Å². The molecule has 0 spiro atoms. The van der Waals surface area contributed by atoms with Gasteiger partial charge in [0.05, 0.1) is 6.10 Å². The van der Waals surface area contributed by atoms with Gasteiger partial charge in [0.25, 0.3) is 5.91 Å². The first-order valence-electron chi connectivity index (χ1n) is 10.7. The molecule has 2 aliphatic rings. The molecule has 0 N–H and O–H groups in total. The highest BCUT2D eigenvalue weighted by Gasteiger charge is 2.28. The minimum atomic E-state index is 0.0380. The number of rotatable bonds is 5. The van der Waals surface area contributed by atoms with Crippen LogP contribution in [-0.2, 0) is 4.74 Å². The van der Waals surface area contributed by atoms with Crippen molar-refractivity contribution in [2.24, 2.45) is 0 Å². The smallest absolute Gasteiger partial charge is 0.254 e. The van der Waals surface area contributed by atoms with Gasteiger partial charge in [-0.05, 0) is 56.0 Å². The molecule has 2 aliphatic heterocycles. The molecular weight excluding hydrogens is 380 g/mol. The lowest BCUT2D eigenvalue weighted by atomic mass is 9.96. The van der Waals surface area contributed by atoms with Gasteiger partial charge in [-0.1, -0.05) is 12.1 Å². The Hall–Kier alpha value is -2.93. The Morgan fingerprint density at radius 1 is 1.13 bits per heavy atom. The topological polar surface area (TPSA) is 69.0 Å². The van der Waals surface area contributed by atoms with Crippen molar-refractivity contribution in [2.75, 3.05) is 26.3 Å². The highest BCUT2D eigenvalue weighted by molar-refractivity contribution is 5.94. The molecule has 5 rings (SSSR count). The Labute approximate surface area is 175 Å². The molecule has 0 bridgehead atoms. The van der Waals surface area contributed by atoms with Crippen LogP contribution in [0.15, 0.2) is 48.7 Å². The Balaban J connectivity index is 1.28. The Morgan fingerprint density at radius 3 is 3.00 bits per heavy atom. The number of piperidine rings is 1. The Kier molecular flexibility index (Phi) is 5.36. The number of fused-ring (bicyclic) bond motifs is 1. The van der Waals surface area contributed by atoms with Crippen LogP contribution in [0.1, 0.15) is 47.8 Å². The average Bonchev–Trinajstić information content (AvgIpc) is 3.47. The molecule has 0 saturated carbocycles. The molecule has 2 unspecified atom stereocenters. The fourth-order valence-corrected chi connectivity index (χ4v) is 4.38. The number of pyridine rings is 1. The largest absolute Gasteiger partial charge is 0.491 e. The lowest BCUT2D eigenvalue weighted by Crippen LogP contribution is -2.39. The van der Waals surface area contributed by atoms with E-state index < -0.39 is 0 Å². The lowest BCUT2D eigenvalue weighted by molar-refractivity contribution is 0.0673. The predicted molar refractivity (Wildman–Crippen MR) is 112 cm³/mol. The highest BCUT2D eigenvalue weighted by Crippen LogP contribution is 2.27. The third-order valence-electron chi connectivity index (χ3n) is 5.95. The first-order valence-corrected chi connectivity index (χ1v) is 10.7. The van der Waals surface area contributed by atoms with Crippen molar-refractivity contribution in [3.63, 3.8) is 0 Å². The summed E-state index contributed by atoms with van der Waals surface area (Å²) >= 11 is 0. The quantitative estimate of drug-likeness (QED) is 0.650. The van der Waals surface area contributed by atoms with Crippen LogP contribution in [0.5, 0.6) is 5.75 Å². The van der Waals surface area contributed by atoms with E-state index in [1.54, 1.807) is 0 Å². The summed E-state index contributed by atoms with van der Waals surface area (Å²) in [7, 11) is 0. The maximum Gasteiger partial charge on any atom is 0.254 e. The second-order valence-electron chi connectivity index (χ2n) is 8.05. The van der Waals surface area contributed by atoms with Gasteiger partial charge in [0.1, 0.15) is 18.2 Å². The SMILES string of the molecule is O=C(c1cccc(OCC2CCCO2)c1)N1CCCC(c2nnc3ccccn23)C1. The number of hydrogen-bond acceptors (Lipinski definition) is 5. The number of carbonyl (C=O) groups excluding carboxylic acids is 1. The van der Waals surface area contributed by atoms with E-state index in [1.807, 2.05) is 58.0 Å². The summed E-state index contributed by atoms with van der Waals surface area (Å²) in [5, 5.41) is 8.67. The average molecular weight is 406 g/mol. The van der Waals surface area contributed by atoms with Gasteiger partial charge < -0.3 is 14.4 Å². The van der Waals surface area contributed by atoms with Crippen molar-refractivity contribution in [1.29, 1.82) is 0 Å². The number of hydrogen-bond donors (Lipinski definition) is 0. The molecule has 2 saturated heterocycles. The molecule has 2 aromatic heterocycles. The van der Waals surface area contributed by atoms with E-state index >= 15 is 0 Å². The number of likely N-dealkylation sites (tertiary alicyclic amines) is 1. The molecule has 1 aromatic carbocycles. The van der Waals surface area contributed by atoms with E-state index in [1.165, 1.54) is 0 Å². The summed E-state index contributed by atoms with van der Waals surface area (Å²) in [6.45, 7) is 2.75. The molecule has 156 valence electrons. The summed E-state index contributed by atoms with van der Waals surface area (Å²) < 4.78 is 13.5. The molecule has 0 aliphatic carbocycles. The minimum Gasteiger partial charge on any atom is -0.491 e. The normalized spacial score (nSPS) is 21.8. The van der Waals surface area contributed by atoms with Crippen molar-refractivity contribution in [1.82, 2.24) is 19.5 Å². The molecule has 0 radical (unpaired) electrons. The monoisotopic (exact) mass is 406 g/mol. The van der Waals surface area contributed by atoms with Crippen molar-refractivity contribution in [3.8, 4) is 5.75 Å².